The van der Waals surface area contributed by atoms with Gasteiger partial charge in [0.05, 0.1) is 0 Å². The maximum absolute atomic E-state index is 11.5. The number of aryl methyl sites for hydroxylation is 2. The molecule has 0 aliphatic carbocycles. The molecule has 15 heavy (non-hydrogen) atoms. The molecular formula is C12H17NO2. The Morgan fingerprint density at radius 1 is 1.40 bits per heavy atom. The molecule has 0 saturated heterocycles. The van der Waals surface area contributed by atoms with Crippen LogP contribution in [-0.4, -0.2) is 19.1 Å². The number of rotatable bonds is 3. The van der Waals surface area contributed by atoms with Crippen LogP contribution in [0, 0.1) is 13.8 Å². The summed E-state index contributed by atoms with van der Waals surface area (Å²) in [4.78, 5) is 11.5. The van der Waals surface area contributed by atoms with Crippen LogP contribution < -0.4 is 5.32 Å². The molecule has 0 radical (unpaired) electrons. The first-order valence-electron chi connectivity index (χ1n) is 4.95. The van der Waals surface area contributed by atoms with E-state index in [0.29, 0.717) is 0 Å². The molecule has 82 valence electrons. The third-order valence-electron chi connectivity index (χ3n) is 2.36. The molecule has 0 fully saturated rings. The predicted octanol–water partition coefficient (Wildman–Crippen LogP) is 2.28. The van der Waals surface area contributed by atoms with Gasteiger partial charge in [0.1, 0.15) is 6.10 Å². The molecule has 0 bridgehead atoms. The highest BCUT2D eigenvalue weighted by atomic mass is 16.5. The third-order valence-corrected chi connectivity index (χ3v) is 2.36. The fraction of sp³-hybridized carbons (Fsp3) is 0.417. The van der Waals surface area contributed by atoms with E-state index < -0.39 is 6.10 Å². The minimum absolute atomic E-state index is 0.121. The van der Waals surface area contributed by atoms with Crippen LogP contribution in [0.2, 0.25) is 0 Å². The smallest absolute Gasteiger partial charge is 0.253 e. The Bertz CT molecular complexity index is 361. The van der Waals surface area contributed by atoms with E-state index in [2.05, 4.69) is 5.32 Å². The van der Waals surface area contributed by atoms with Gasteiger partial charge in [-0.3, -0.25) is 4.79 Å². The molecule has 0 heterocycles. The molecule has 1 aromatic carbocycles. The third kappa shape index (κ3) is 3.06. The number of benzene rings is 1. The monoisotopic (exact) mass is 207 g/mol. The van der Waals surface area contributed by atoms with Gasteiger partial charge in [-0.1, -0.05) is 17.7 Å². The number of anilines is 1. The van der Waals surface area contributed by atoms with Gasteiger partial charge in [-0.2, -0.15) is 0 Å². The molecule has 0 aliphatic rings. The van der Waals surface area contributed by atoms with Crippen molar-refractivity contribution in [3.63, 3.8) is 0 Å². The highest BCUT2D eigenvalue weighted by Crippen LogP contribution is 2.16. The fourth-order valence-electron chi connectivity index (χ4n) is 1.30. The van der Waals surface area contributed by atoms with Crippen molar-refractivity contribution < 1.29 is 9.53 Å². The van der Waals surface area contributed by atoms with Crippen molar-refractivity contribution in [3.8, 4) is 0 Å². The number of hydrogen-bond acceptors (Lipinski definition) is 2. The molecule has 3 heteroatoms. The number of amides is 1. The molecule has 1 aromatic rings. The van der Waals surface area contributed by atoms with E-state index in [0.717, 1.165) is 11.3 Å². The van der Waals surface area contributed by atoms with Gasteiger partial charge in [0.15, 0.2) is 0 Å². The van der Waals surface area contributed by atoms with Crippen LogP contribution in [0.1, 0.15) is 18.1 Å². The van der Waals surface area contributed by atoms with Crippen molar-refractivity contribution in [2.45, 2.75) is 26.9 Å². The van der Waals surface area contributed by atoms with Crippen LogP contribution in [0.5, 0.6) is 0 Å². The van der Waals surface area contributed by atoms with E-state index in [1.807, 2.05) is 32.0 Å². The van der Waals surface area contributed by atoms with Crippen LogP contribution in [-0.2, 0) is 9.53 Å². The molecule has 0 spiro atoms. The zero-order valence-corrected chi connectivity index (χ0v) is 9.63. The Morgan fingerprint density at radius 2 is 2.07 bits per heavy atom. The first-order valence-corrected chi connectivity index (χ1v) is 4.95. The van der Waals surface area contributed by atoms with Crippen LogP contribution in [0.15, 0.2) is 18.2 Å². The van der Waals surface area contributed by atoms with Gasteiger partial charge in [-0.05, 0) is 32.4 Å². The maximum atomic E-state index is 11.5. The molecule has 1 N–H and O–H groups in total. The number of ether oxygens (including phenoxy) is 1. The van der Waals surface area contributed by atoms with Crippen LogP contribution >= 0.6 is 0 Å². The number of methoxy groups -OCH3 is 1. The van der Waals surface area contributed by atoms with E-state index >= 15 is 0 Å². The number of hydrogen-bond donors (Lipinski definition) is 1. The Balaban J connectivity index is 2.77. The van der Waals surface area contributed by atoms with Gasteiger partial charge in [0.25, 0.3) is 5.91 Å². The van der Waals surface area contributed by atoms with Crippen molar-refractivity contribution in [1.29, 1.82) is 0 Å². The van der Waals surface area contributed by atoms with Crippen LogP contribution in [0.4, 0.5) is 5.69 Å². The number of carbonyl (C=O) groups is 1. The Labute approximate surface area is 90.4 Å². The first kappa shape index (κ1) is 11.7. The highest BCUT2D eigenvalue weighted by molar-refractivity contribution is 5.94. The van der Waals surface area contributed by atoms with Gasteiger partial charge in [0, 0.05) is 12.8 Å². The molecule has 1 rings (SSSR count). The van der Waals surface area contributed by atoms with Gasteiger partial charge in [-0.25, -0.2) is 0 Å². The second-order valence-electron chi connectivity index (χ2n) is 3.69. The zero-order valence-electron chi connectivity index (χ0n) is 9.63. The Morgan fingerprint density at radius 3 is 2.60 bits per heavy atom. The molecule has 0 saturated carbocycles. The maximum Gasteiger partial charge on any atom is 0.253 e. The average Bonchev–Trinajstić information content (AvgIpc) is 2.20. The molecule has 0 aromatic heterocycles. The summed E-state index contributed by atoms with van der Waals surface area (Å²) in [5, 5.41) is 2.82. The summed E-state index contributed by atoms with van der Waals surface area (Å²) in [5.41, 5.74) is 3.09. The van der Waals surface area contributed by atoms with Crippen molar-refractivity contribution in [2.24, 2.45) is 0 Å². The molecular weight excluding hydrogens is 190 g/mol. The SMILES string of the molecule is COC(C)C(=O)Nc1ccc(C)cc1C. The normalized spacial score (nSPS) is 12.3. The lowest BCUT2D eigenvalue weighted by Gasteiger charge is -2.12. The van der Waals surface area contributed by atoms with Gasteiger partial charge >= 0.3 is 0 Å². The molecule has 1 atom stereocenters. The average molecular weight is 207 g/mol. The van der Waals surface area contributed by atoms with E-state index in [1.54, 1.807) is 6.92 Å². The van der Waals surface area contributed by atoms with Gasteiger partial charge in [0.2, 0.25) is 0 Å². The van der Waals surface area contributed by atoms with Crippen molar-refractivity contribution >= 4 is 11.6 Å². The summed E-state index contributed by atoms with van der Waals surface area (Å²) in [6.07, 6.45) is -0.425. The Hall–Kier alpha value is -1.35. The van der Waals surface area contributed by atoms with Crippen LogP contribution in [0.25, 0.3) is 0 Å². The fourth-order valence-corrected chi connectivity index (χ4v) is 1.30. The highest BCUT2D eigenvalue weighted by Gasteiger charge is 2.12. The van der Waals surface area contributed by atoms with Gasteiger partial charge < -0.3 is 10.1 Å². The summed E-state index contributed by atoms with van der Waals surface area (Å²) in [6, 6.07) is 5.91. The van der Waals surface area contributed by atoms with Crippen molar-refractivity contribution in [2.75, 3.05) is 12.4 Å². The van der Waals surface area contributed by atoms with E-state index in [4.69, 9.17) is 4.74 Å². The lowest BCUT2D eigenvalue weighted by atomic mass is 10.1. The number of nitrogens with one attached hydrogen (secondary N) is 1. The van der Waals surface area contributed by atoms with E-state index in [9.17, 15) is 4.79 Å². The lowest BCUT2D eigenvalue weighted by molar-refractivity contribution is -0.124. The minimum Gasteiger partial charge on any atom is -0.372 e. The number of carbonyl (C=O) groups excluding carboxylic acids is 1. The summed E-state index contributed by atoms with van der Waals surface area (Å²) < 4.78 is 4.94. The molecule has 3 nitrogen and oxygen atoms in total. The lowest BCUT2D eigenvalue weighted by Crippen LogP contribution is -2.26. The first-order chi connectivity index (χ1) is 7.04. The minimum atomic E-state index is -0.425. The van der Waals surface area contributed by atoms with E-state index in [-0.39, 0.29) is 5.91 Å². The summed E-state index contributed by atoms with van der Waals surface area (Å²) in [5.74, 6) is -0.121. The zero-order chi connectivity index (χ0) is 11.4. The second kappa shape index (κ2) is 4.94. The van der Waals surface area contributed by atoms with E-state index in [1.165, 1.54) is 12.7 Å². The summed E-state index contributed by atoms with van der Waals surface area (Å²) in [7, 11) is 1.52. The molecule has 1 unspecified atom stereocenters. The molecule has 0 aliphatic heterocycles. The topological polar surface area (TPSA) is 38.3 Å². The quantitative estimate of drug-likeness (QED) is 0.825. The second-order valence-corrected chi connectivity index (χ2v) is 3.69. The van der Waals surface area contributed by atoms with Crippen molar-refractivity contribution in [3.05, 3.63) is 29.3 Å². The van der Waals surface area contributed by atoms with Crippen LogP contribution in [0.3, 0.4) is 0 Å². The van der Waals surface area contributed by atoms with Crippen molar-refractivity contribution in [1.82, 2.24) is 0 Å². The summed E-state index contributed by atoms with van der Waals surface area (Å²) >= 11 is 0. The largest absolute Gasteiger partial charge is 0.372 e. The predicted molar refractivity (Wildman–Crippen MR) is 61.0 cm³/mol. The van der Waals surface area contributed by atoms with Gasteiger partial charge in [-0.15, -0.1) is 0 Å². The standard InChI is InChI=1S/C12H17NO2/c1-8-5-6-11(9(2)7-8)13-12(14)10(3)15-4/h5-7,10H,1-4H3,(H,13,14). The molecule has 1 amide bonds. The summed E-state index contributed by atoms with van der Waals surface area (Å²) in [6.45, 7) is 5.72. The Kier molecular flexibility index (Phi) is 3.86.